The normalized spacial score (nSPS) is 10.6. The van der Waals surface area contributed by atoms with Crippen LogP contribution >= 0.6 is 33.9 Å². The SMILES string of the molecule is COc1cc2cc(C(=O)CCC(=O)I)sc2cc1OC. The maximum absolute atomic E-state index is 12.0. The van der Waals surface area contributed by atoms with E-state index in [0.717, 1.165) is 10.1 Å². The number of ether oxygens (including phenoxy) is 2. The first-order chi connectivity index (χ1) is 9.55. The minimum atomic E-state index is -0.00542. The fraction of sp³-hybridized carbons (Fsp3) is 0.286. The standard InChI is InChI=1S/C14H13IO4S/c1-18-10-5-8-6-13(9(16)3-4-14(15)17)20-12(8)7-11(10)19-2/h5-7H,3-4H2,1-2H3. The average molecular weight is 404 g/mol. The second kappa shape index (κ2) is 6.53. The summed E-state index contributed by atoms with van der Waals surface area (Å²) in [6.45, 7) is 0. The van der Waals surface area contributed by atoms with Gasteiger partial charge in [0.25, 0.3) is 0 Å². The van der Waals surface area contributed by atoms with Crippen LogP contribution < -0.4 is 9.47 Å². The van der Waals surface area contributed by atoms with Gasteiger partial charge in [-0.1, -0.05) is 0 Å². The van der Waals surface area contributed by atoms with Crippen LogP contribution in [0.5, 0.6) is 11.5 Å². The van der Waals surface area contributed by atoms with Gasteiger partial charge in [0.1, 0.15) is 0 Å². The molecular weight excluding hydrogens is 391 g/mol. The van der Waals surface area contributed by atoms with E-state index in [1.165, 1.54) is 11.3 Å². The Morgan fingerprint density at radius 3 is 2.35 bits per heavy atom. The summed E-state index contributed by atoms with van der Waals surface area (Å²) >= 11 is 3.11. The second-order valence-electron chi connectivity index (χ2n) is 4.13. The van der Waals surface area contributed by atoms with Gasteiger partial charge in [0.2, 0.25) is 0 Å². The number of thiophene rings is 1. The number of carbonyl (C=O) groups excluding carboxylic acids is 2. The smallest absolute Gasteiger partial charge is 0.192 e. The molecule has 1 aromatic heterocycles. The Kier molecular flexibility index (Phi) is 4.98. The number of benzene rings is 1. The predicted octanol–water partition coefficient (Wildman–Crippen LogP) is 3.84. The van der Waals surface area contributed by atoms with Gasteiger partial charge in [0.15, 0.2) is 21.1 Å². The van der Waals surface area contributed by atoms with E-state index in [0.29, 0.717) is 16.4 Å². The van der Waals surface area contributed by atoms with E-state index in [1.807, 2.05) is 18.2 Å². The maximum atomic E-state index is 12.0. The van der Waals surface area contributed by atoms with E-state index in [4.69, 9.17) is 9.47 Å². The van der Waals surface area contributed by atoms with E-state index in [9.17, 15) is 9.59 Å². The third kappa shape index (κ3) is 3.29. The fourth-order valence-electron chi connectivity index (χ4n) is 1.84. The highest BCUT2D eigenvalue weighted by atomic mass is 127. The molecule has 0 bridgehead atoms. The summed E-state index contributed by atoms with van der Waals surface area (Å²) in [6, 6.07) is 5.55. The van der Waals surface area contributed by atoms with E-state index >= 15 is 0 Å². The predicted molar refractivity (Wildman–Crippen MR) is 87.5 cm³/mol. The van der Waals surface area contributed by atoms with Gasteiger partial charge in [-0.2, -0.15) is 0 Å². The zero-order valence-electron chi connectivity index (χ0n) is 11.1. The van der Waals surface area contributed by atoms with E-state index in [-0.39, 0.29) is 22.4 Å². The molecule has 2 aromatic rings. The average Bonchev–Trinajstić information content (AvgIpc) is 2.85. The number of hydrogen-bond acceptors (Lipinski definition) is 5. The Balaban J connectivity index is 2.33. The second-order valence-corrected chi connectivity index (χ2v) is 6.42. The van der Waals surface area contributed by atoms with Crippen molar-refractivity contribution in [1.82, 2.24) is 0 Å². The number of halogens is 1. The summed E-state index contributed by atoms with van der Waals surface area (Å²) in [4.78, 5) is 23.6. The quantitative estimate of drug-likeness (QED) is 0.417. The first kappa shape index (κ1) is 15.2. The van der Waals surface area contributed by atoms with Gasteiger partial charge in [0.05, 0.1) is 19.1 Å². The van der Waals surface area contributed by atoms with Crippen LogP contribution in [0.2, 0.25) is 0 Å². The molecule has 0 unspecified atom stereocenters. The molecule has 0 aliphatic rings. The number of hydrogen-bond donors (Lipinski definition) is 0. The Morgan fingerprint density at radius 1 is 1.10 bits per heavy atom. The van der Waals surface area contributed by atoms with Crippen molar-refractivity contribution >= 4 is 53.6 Å². The molecule has 0 fully saturated rings. The van der Waals surface area contributed by atoms with Crippen LogP contribution in [0.25, 0.3) is 10.1 Å². The zero-order valence-corrected chi connectivity index (χ0v) is 14.0. The summed E-state index contributed by atoms with van der Waals surface area (Å²) in [5.41, 5.74) is 0. The van der Waals surface area contributed by atoms with Crippen LogP contribution in [-0.2, 0) is 4.79 Å². The molecule has 1 heterocycles. The zero-order chi connectivity index (χ0) is 14.7. The number of carbonyl (C=O) groups is 2. The molecule has 0 saturated heterocycles. The van der Waals surface area contributed by atoms with Crippen molar-refractivity contribution in [3.63, 3.8) is 0 Å². The topological polar surface area (TPSA) is 52.6 Å². The van der Waals surface area contributed by atoms with Crippen molar-refractivity contribution < 1.29 is 19.1 Å². The van der Waals surface area contributed by atoms with E-state index < -0.39 is 0 Å². The van der Waals surface area contributed by atoms with Crippen LogP contribution in [0.3, 0.4) is 0 Å². The van der Waals surface area contributed by atoms with Crippen molar-refractivity contribution in [3.05, 3.63) is 23.1 Å². The minimum Gasteiger partial charge on any atom is -0.493 e. The summed E-state index contributed by atoms with van der Waals surface area (Å²) < 4.78 is 11.5. The third-order valence-electron chi connectivity index (χ3n) is 2.85. The first-order valence-electron chi connectivity index (χ1n) is 5.92. The van der Waals surface area contributed by atoms with Gasteiger partial charge in [-0.05, 0) is 40.1 Å². The highest BCUT2D eigenvalue weighted by Gasteiger charge is 2.14. The molecule has 20 heavy (non-hydrogen) atoms. The number of rotatable bonds is 6. The van der Waals surface area contributed by atoms with Gasteiger partial charge in [0, 0.05) is 23.6 Å². The van der Waals surface area contributed by atoms with Crippen molar-refractivity contribution in [3.8, 4) is 11.5 Å². The molecule has 0 N–H and O–H groups in total. The lowest BCUT2D eigenvalue weighted by Gasteiger charge is -2.06. The van der Waals surface area contributed by atoms with Gasteiger partial charge in [-0.15, -0.1) is 11.3 Å². The Morgan fingerprint density at radius 2 is 1.75 bits per heavy atom. The maximum Gasteiger partial charge on any atom is 0.192 e. The molecule has 106 valence electrons. The summed E-state index contributed by atoms with van der Waals surface area (Å²) in [6.07, 6.45) is 0.531. The Bertz CT molecular complexity index is 621. The molecule has 0 spiro atoms. The fourth-order valence-corrected chi connectivity index (χ4v) is 3.15. The largest absolute Gasteiger partial charge is 0.493 e. The van der Waals surface area contributed by atoms with Crippen LogP contribution in [0.4, 0.5) is 0 Å². The van der Waals surface area contributed by atoms with Gasteiger partial charge < -0.3 is 9.47 Å². The van der Waals surface area contributed by atoms with E-state index in [1.54, 1.807) is 36.8 Å². The monoisotopic (exact) mass is 404 g/mol. The van der Waals surface area contributed by atoms with E-state index in [2.05, 4.69) is 0 Å². The van der Waals surface area contributed by atoms with Crippen molar-refractivity contribution in [2.75, 3.05) is 14.2 Å². The lowest BCUT2D eigenvalue weighted by atomic mass is 10.1. The molecule has 0 atom stereocenters. The molecule has 1 aromatic carbocycles. The molecule has 2 rings (SSSR count). The Hall–Kier alpha value is -1.15. The molecule has 4 nitrogen and oxygen atoms in total. The number of Topliss-reactive ketones (excluding diaryl/α,β-unsaturated/α-hetero) is 1. The lowest BCUT2D eigenvalue weighted by Crippen LogP contribution is -1.98. The molecule has 0 radical (unpaired) electrons. The third-order valence-corrected chi connectivity index (χ3v) is 4.52. The molecule has 0 saturated carbocycles. The van der Waals surface area contributed by atoms with Crippen LogP contribution in [0, 0.1) is 0 Å². The number of methoxy groups -OCH3 is 2. The molecule has 6 heteroatoms. The Labute approximate surface area is 134 Å². The van der Waals surface area contributed by atoms with Crippen LogP contribution in [0.1, 0.15) is 22.5 Å². The lowest BCUT2D eigenvalue weighted by molar-refractivity contribution is -0.109. The summed E-state index contributed by atoms with van der Waals surface area (Å²) in [5, 5.41) is 0.941. The minimum absolute atomic E-state index is 0.000370. The van der Waals surface area contributed by atoms with Crippen LogP contribution in [-0.4, -0.2) is 23.8 Å². The van der Waals surface area contributed by atoms with Crippen LogP contribution in [0.15, 0.2) is 18.2 Å². The van der Waals surface area contributed by atoms with Crippen molar-refractivity contribution in [2.24, 2.45) is 0 Å². The van der Waals surface area contributed by atoms with Gasteiger partial charge in [-0.3, -0.25) is 9.59 Å². The molecule has 0 aliphatic carbocycles. The molecule has 0 aliphatic heterocycles. The molecular formula is C14H13IO4S. The summed E-state index contributed by atoms with van der Waals surface area (Å²) in [7, 11) is 3.16. The highest BCUT2D eigenvalue weighted by molar-refractivity contribution is 14.1. The highest BCUT2D eigenvalue weighted by Crippen LogP contribution is 2.36. The van der Waals surface area contributed by atoms with Gasteiger partial charge in [-0.25, -0.2) is 0 Å². The number of ketones is 1. The van der Waals surface area contributed by atoms with Crippen molar-refractivity contribution in [1.29, 1.82) is 0 Å². The summed E-state index contributed by atoms with van der Waals surface area (Å²) in [5.74, 6) is 1.27. The molecule has 0 amide bonds. The first-order valence-corrected chi connectivity index (χ1v) is 7.81. The number of fused-ring (bicyclic) bond motifs is 1. The van der Waals surface area contributed by atoms with Crippen molar-refractivity contribution in [2.45, 2.75) is 12.8 Å². The van der Waals surface area contributed by atoms with Gasteiger partial charge >= 0.3 is 0 Å².